The van der Waals surface area contributed by atoms with Crippen LogP contribution in [-0.4, -0.2) is 16.0 Å². The molecule has 7 heteroatoms. The molecule has 0 atom stereocenters. The van der Waals surface area contributed by atoms with Crippen molar-refractivity contribution in [2.45, 2.75) is 27.3 Å². The molecule has 3 rings (SSSR count). The van der Waals surface area contributed by atoms with Crippen molar-refractivity contribution < 1.29 is 9.32 Å². The van der Waals surface area contributed by atoms with Crippen molar-refractivity contribution in [1.29, 1.82) is 0 Å². The van der Waals surface area contributed by atoms with Crippen LogP contribution in [0.2, 0.25) is 0 Å². The molecule has 1 aromatic carbocycles. The summed E-state index contributed by atoms with van der Waals surface area (Å²) < 4.78 is 5.26. The van der Waals surface area contributed by atoms with Crippen molar-refractivity contribution in [2.24, 2.45) is 5.41 Å². The maximum absolute atomic E-state index is 12.1. The van der Waals surface area contributed by atoms with Crippen LogP contribution < -0.4 is 10.6 Å². The minimum atomic E-state index is -0.439. The van der Waals surface area contributed by atoms with Gasteiger partial charge in [0.15, 0.2) is 0 Å². The summed E-state index contributed by atoms with van der Waals surface area (Å²) in [5.41, 5.74) is 2.12. The van der Waals surface area contributed by atoms with Crippen LogP contribution in [0.15, 0.2) is 45.6 Å². The molecule has 6 nitrogen and oxygen atoms in total. The molecular formula is C18H20N4O2S. The highest BCUT2D eigenvalue weighted by Crippen LogP contribution is 2.21. The highest BCUT2D eigenvalue weighted by molar-refractivity contribution is 7.08. The van der Waals surface area contributed by atoms with Crippen molar-refractivity contribution in [3.05, 3.63) is 47.0 Å². The van der Waals surface area contributed by atoms with Gasteiger partial charge in [0.2, 0.25) is 17.6 Å². The van der Waals surface area contributed by atoms with Crippen molar-refractivity contribution >= 4 is 28.6 Å². The first-order chi connectivity index (χ1) is 11.9. The monoisotopic (exact) mass is 356 g/mol. The Bertz CT molecular complexity index is 850. The van der Waals surface area contributed by atoms with Crippen LogP contribution in [0.3, 0.4) is 0 Å². The van der Waals surface area contributed by atoms with E-state index in [-0.39, 0.29) is 5.91 Å². The van der Waals surface area contributed by atoms with E-state index in [0.717, 1.165) is 16.9 Å². The van der Waals surface area contributed by atoms with E-state index in [9.17, 15) is 4.79 Å². The van der Waals surface area contributed by atoms with Crippen LogP contribution >= 0.6 is 11.3 Å². The number of anilines is 2. The Morgan fingerprint density at radius 1 is 1.24 bits per heavy atom. The van der Waals surface area contributed by atoms with E-state index in [1.807, 2.05) is 61.9 Å². The number of benzene rings is 1. The van der Waals surface area contributed by atoms with Gasteiger partial charge in [-0.15, -0.1) is 0 Å². The second kappa shape index (κ2) is 7.06. The van der Waals surface area contributed by atoms with E-state index in [1.165, 1.54) is 0 Å². The summed E-state index contributed by atoms with van der Waals surface area (Å²) in [4.78, 5) is 16.4. The molecule has 2 heterocycles. The number of rotatable bonds is 5. The third-order valence-corrected chi connectivity index (χ3v) is 4.18. The highest BCUT2D eigenvalue weighted by Gasteiger charge is 2.21. The molecule has 0 bridgehead atoms. The number of thiophene rings is 1. The van der Waals surface area contributed by atoms with Crippen molar-refractivity contribution in [3.63, 3.8) is 0 Å². The maximum atomic E-state index is 12.1. The van der Waals surface area contributed by atoms with Gasteiger partial charge in [0.05, 0.1) is 6.54 Å². The van der Waals surface area contributed by atoms with Gasteiger partial charge in [0.1, 0.15) is 0 Å². The Kier molecular flexibility index (Phi) is 4.85. The SMILES string of the molecule is CC(C)(C)C(=O)Nc1cccc(NCc2nc(-c3ccsc3)no2)c1. The van der Waals surface area contributed by atoms with E-state index in [2.05, 4.69) is 20.8 Å². The van der Waals surface area contributed by atoms with Crippen molar-refractivity contribution in [1.82, 2.24) is 10.1 Å². The zero-order chi connectivity index (χ0) is 17.9. The van der Waals surface area contributed by atoms with E-state index in [4.69, 9.17) is 4.52 Å². The van der Waals surface area contributed by atoms with Gasteiger partial charge in [-0.25, -0.2) is 0 Å². The van der Waals surface area contributed by atoms with Crippen LogP contribution in [0, 0.1) is 5.41 Å². The average molecular weight is 356 g/mol. The first-order valence-electron chi connectivity index (χ1n) is 7.92. The number of carbonyl (C=O) groups excluding carboxylic acids is 1. The third-order valence-electron chi connectivity index (χ3n) is 3.49. The number of aromatic nitrogens is 2. The van der Waals surface area contributed by atoms with E-state index in [0.29, 0.717) is 18.3 Å². The lowest BCUT2D eigenvalue weighted by Gasteiger charge is -2.18. The van der Waals surface area contributed by atoms with E-state index >= 15 is 0 Å². The Morgan fingerprint density at radius 3 is 2.76 bits per heavy atom. The second-order valence-electron chi connectivity index (χ2n) is 6.66. The molecule has 3 aromatic rings. The summed E-state index contributed by atoms with van der Waals surface area (Å²) in [6, 6.07) is 9.48. The lowest BCUT2D eigenvalue weighted by Crippen LogP contribution is -2.27. The van der Waals surface area contributed by atoms with Crippen LogP contribution in [0.25, 0.3) is 11.4 Å². The van der Waals surface area contributed by atoms with Gasteiger partial charge in [-0.3, -0.25) is 4.79 Å². The number of amides is 1. The topological polar surface area (TPSA) is 80.0 Å². The van der Waals surface area contributed by atoms with E-state index < -0.39 is 5.41 Å². The zero-order valence-electron chi connectivity index (χ0n) is 14.4. The van der Waals surface area contributed by atoms with Gasteiger partial charge in [-0.05, 0) is 29.6 Å². The average Bonchev–Trinajstić information content (AvgIpc) is 3.24. The Balaban J connectivity index is 1.62. The molecule has 2 aromatic heterocycles. The molecule has 0 aliphatic carbocycles. The van der Waals surface area contributed by atoms with Gasteiger partial charge >= 0.3 is 0 Å². The first-order valence-corrected chi connectivity index (χ1v) is 8.87. The molecule has 0 aliphatic heterocycles. The lowest BCUT2D eigenvalue weighted by molar-refractivity contribution is -0.123. The fourth-order valence-corrected chi connectivity index (χ4v) is 2.67. The van der Waals surface area contributed by atoms with Crippen molar-refractivity contribution in [2.75, 3.05) is 10.6 Å². The molecule has 0 saturated heterocycles. The highest BCUT2D eigenvalue weighted by atomic mass is 32.1. The predicted molar refractivity (Wildman–Crippen MR) is 99.5 cm³/mol. The fraction of sp³-hybridized carbons (Fsp3) is 0.278. The molecule has 25 heavy (non-hydrogen) atoms. The molecule has 0 saturated carbocycles. The number of hydrogen-bond acceptors (Lipinski definition) is 6. The minimum absolute atomic E-state index is 0.0260. The van der Waals surface area contributed by atoms with Crippen LogP contribution in [0.1, 0.15) is 26.7 Å². The summed E-state index contributed by atoms with van der Waals surface area (Å²) in [5, 5.41) is 14.1. The lowest BCUT2D eigenvalue weighted by atomic mass is 9.95. The van der Waals surface area contributed by atoms with Gasteiger partial charge in [0, 0.05) is 27.7 Å². The van der Waals surface area contributed by atoms with Crippen molar-refractivity contribution in [3.8, 4) is 11.4 Å². The van der Waals surface area contributed by atoms with Crippen LogP contribution in [0.5, 0.6) is 0 Å². The fourth-order valence-electron chi connectivity index (χ4n) is 2.04. The number of nitrogens with one attached hydrogen (secondary N) is 2. The van der Waals surface area contributed by atoms with Crippen LogP contribution in [-0.2, 0) is 11.3 Å². The van der Waals surface area contributed by atoms with Gasteiger partial charge in [-0.2, -0.15) is 16.3 Å². The molecule has 0 fully saturated rings. The quantitative estimate of drug-likeness (QED) is 0.708. The van der Waals surface area contributed by atoms with Crippen LogP contribution in [0.4, 0.5) is 11.4 Å². The molecule has 1 amide bonds. The molecular weight excluding hydrogens is 336 g/mol. The first kappa shape index (κ1) is 17.2. The second-order valence-corrected chi connectivity index (χ2v) is 7.44. The predicted octanol–water partition coefficient (Wildman–Crippen LogP) is 4.39. The minimum Gasteiger partial charge on any atom is -0.376 e. The summed E-state index contributed by atoms with van der Waals surface area (Å²) in [6.07, 6.45) is 0. The summed E-state index contributed by atoms with van der Waals surface area (Å²) >= 11 is 1.59. The van der Waals surface area contributed by atoms with E-state index in [1.54, 1.807) is 11.3 Å². The largest absolute Gasteiger partial charge is 0.376 e. The molecule has 130 valence electrons. The number of carbonyl (C=O) groups is 1. The van der Waals surface area contributed by atoms with Gasteiger partial charge in [0.25, 0.3) is 0 Å². The molecule has 0 radical (unpaired) electrons. The summed E-state index contributed by atoms with van der Waals surface area (Å²) in [5.74, 6) is 1.07. The Hall–Kier alpha value is -2.67. The number of hydrogen-bond donors (Lipinski definition) is 2. The Morgan fingerprint density at radius 2 is 2.04 bits per heavy atom. The smallest absolute Gasteiger partial charge is 0.246 e. The Labute approximate surface area is 150 Å². The zero-order valence-corrected chi connectivity index (χ0v) is 15.2. The molecule has 0 aliphatic rings. The third kappa shape index (κ3) is 4.45. The normalized spacial score (nSPS) is 11.3. The molecule has 0 spiro atoms. The van der Waals surface area contributed by atoms with Gasteiger partial charge < -0.3 is 15.2 Å². The van der Waals surface area contributed by atoms with Gasteiger partial charge in [-0.1, -0.05) is 32.0 Å². The molecule has 2 N–H and O–H groups in total. The maximum Gasteiger partial charge on any atom is 0.246 e. The number of nitrogens with zero attached hydrogens (tertiary/aromatic N) is 2. The summed E-state index contributed by atoms with van der Waals surface area (Å²) in [7, 11) is 0. The summed E-state index contributed by atoms with van der Waals surface area (Å²) in [6.45, 7) is 6.05. The molecule has 0 unspecified atom stereocenters. The standard InChI is InChI=1S/C18H20N4O2S/c1-18(2,3)17(23)20-14-6-4-5-13(9-14)19-10-15-21-16(22-24-15)12-7-8-25-11-12/h4-9,11,19H,10H2,1-3H3,(H,20,23).